The standard InChI is InChI=1S/C12H17N2S2/c1-4-10-9-14(5-2)12(13(10)3)16-11-7-6-8-15-11/h6-9H,4-5H2,1-3H3/q+1. The molecule has 0 aliphatic rings. The fourth-order valence-corrected chi connectivity index (χ4v) is 3.64. The summed E-state index contributed by atoms with van der Waals surface area (Å²) in [5.41, 5.74) is 1.39. The summed E-state index contributed by atoms with van der Waals surface area (Å²) in [6.07, 6.45) is 3.34. The Balaban J connectivity index is 2.35. The van der Waals surface area contributed by atoms with Gasteiger partial charge in [0.15, 0.2) is 0 Å². The van der Waals surface area contributed by atoms with E-state index in [9.17, 15) is 0 Å². The molecule has 0 amide bonds. The number of aryl methyl sites for hydroxylation is 2. The van der Waals surface area contributed by atoms with Crippen molar-refractivity contribution in [3.05, 3.63) is 29.4 Å². The molecule has 2 rings (SSSR count). The lowest BCUT2D eigenvalue weighted by molar-refractivity contribution is -0.730. The summed E-state index contributed by atoms with van der Waals surface area (Å²) in [5, 5.41) is 3.45. The molecule has 0 aliphatic heterocycles. The molecule has 0 fully saturated rings. The first-order valence-electron chi connectivity index (χ1n) is 5.55. The summed E-state index contributed by atoms with van der Waals surface area (Å²) in [6, 6.07) is 4.28. The van der Waals surface area contributed by atoms with Crippen LogP contribution in [-0.2, 0) is 20.0 Å². The molecule has 0 atom stereocenters. The lowest BCUT2D eigenvalue weighted by Crippen LogP contribution is -2.32. The molecule has 0 saturated heterocycles. The van der Waals surface area contributed by atoms with Crippen LogP contribution >= 0.6 is 23.1 Å². The quantitative estimate of drug-likeness (QED) is 0.761. The Morgan fingerprint density at radius 1 is 1.44 bits per heavy atom. The topological polar surface area (TPSA) is 8.81 Å². The molecule has 0 spiro atoms. The third-order valence-corrected chi connectivity index (χ3v) is 4.89. The Morgan fingerprint density at radius 3 is 2.81 bits per heavy atom. The fourth-order valence-electron chi connectivity index (χ4n) is 1.73. The number of thiophene rings is 1. The molecule has 0 bridgehead atoms. The van der Waals surface area contributed by atoms with Crippen LogP contribution in [0.15, 0.2) is 33.1 Å². The Labute approximate surface area is 105 Å². The van der Waals surface area contributed by atoms with Crippen LogP contribution in [-0.4, -0.2) is 4.57 Å². The van der Waals surface area contributed by atoms with Crippen LogP contribution in [0.3, 0.4) is 0 Å². The molecule has 86 valence electrons. The Kier molecular flexibility index (Phi) is 3.71. The van der Waals surface area contributed by atoms with Crippen molar-refractivity contribution in [3.8, 4) is 0 Å². The van der Waals surface area contributed by atoms with Gasteiger partial charge in [0.05, 0.1) is 17.8 Å². The lowest BCUT2D eigenvalue weighted by Gasteiger charge is -1.98. The van der Waals surface area contributed by atoms with E-state index in [0.717, 1.165) is 13.0 Å². The molecule has 0 radical (unpaired) electrons. The van der Waals surface area contributed by atoms with E-state index in [1.54, 1.807) is 11.3 Å². The second-order valence-corrected chi connectivity index (χ2v) is 5.85. The largest absolute Gasteiger partial charge is 0.323 e. The maximum Gasteiger partial charge on any atom is 0.323 e. The van der Waals surface area contributed by atoms with Crippen LogP contribution in [0.1, 0.15) is 19.5 Å². The van der Waals surface area contributed by atoms with Gasteiger partial charge in [-0.1, -0.05) is 13.0 Å². The van der Waals surface area contributed by atoms with E-state index in [1.807, 2.05) is 11.8 Å². The maximum absolute atomic E-state index is 2.32. The Hall–Kier alpha value is -0.740. The first-order valence-corrected chi connectivity index (χ1v) is 7.25. The van der Waals surface area contributed by atoms with E-state index in [2.05, 4.69) is 53.7 Å². The van der Waals surface area contributed by atoms with Gasteiger partial charge in [-0.15, -0.1) is 11.3 Å². The van der Waals surface area contributed by atoms with Crippen LogP contribution in [0.4, 0.5) is 0 Å². The molecule has 0 unspecified atom stereocenters. The van der Waals surface area contributed by atoms with Gasteiger partial charge in [-0.3, -0.25) is 0 Å². The first kappa shape index (κ1) is 11.7. The zero-order valence-electron chi connectivity index (χ0n) is 9.93. The van der Waals surface area contributed by atoms with Gasteiger partial charge in [0.25, 0.3) is 0 Å². The molecule has 2 aromatic heterocycles. The van der Waals surface area contributed by atoms with Gasteiger partial charge in [0.1, 0.15) is 11.9 Å². The SMILES string of the molecule is CCc1c[n+](CC)c(Sc2cccs2)n1C. The Morgan fingerprint density at radius 2 is 2.25 bits per heavy atom. The summed E-state index contributed by atoms with van der Waals surface area (Å²) >= 11 is 3.65. The third kappa shape index (κ3) is 2.18. The van der Waals surface area contributed by atoms with Crippen molar-refractivity contribution in [3.63, 3.8) is 0 Å². The average molecular weight is 253 g/mol. The van der Waals surface area contributed by atoms with E-state index in [4.69, 9.17) is 0 Å². The van der Waals surface area contributed by atoms with Gasteiger partial charge >= 0.3 is 5.16 Å². The number of aromatic nitrogens is 2. The normalized spacial score (nSPS) is 10.9. The third-order valence-electron chi connectivity index (χ3n) is 2.66. The predicted octanol–water partition coefficient (Wildman–Crippen LogP) is 3.11. The lowest BCUT2D eigenvalue weighted by atomic mass is 10.4. The van der Waals surface area contributed by atoms with Crippen LogP contribution < -0.4 is 4.57 Å². The highest BCUT2D eigenvalue weighted by molar-refractivity contribution is 8.00. The van der Waals surface area contributed by atoms with Crippen LogP contribution in [0.5, 0.6) is 0 Å². The second-order valence-electron chi connectivity index (χ2n) is 3.64. The second kappa shape index (κ2) is 5.06. The minimum absolute atomic E-state index is 1.03. The number of rotatable bonds is 4. The summed E-state index contributed by atoms with van der Waals surface area (Å²) < 4.78 is 5.97. The van der Waals surface area contributed by atoms with Gasteiger partial charge in [-0.25, -0.2) is 9.13 Å². The number of hydrogen-bond donors (Lipinski definition) is 0. The molecule has 16 heavy (non-hydrogen) atoms. The first-order chi connectivity index (χ1) is 7.76. The van der Waals surface area contributed by atoms with Crippen LogP contribution in [0.2, 0.25) is 0 Å². The smallest absolute Gasteiger partial charge is 0.224 e. The van der Waals surface area contributed by atoms with Gasteiger partial charge in [-0.05, 0) is 18.4 Å². The minimum atomic E-state index is 1.03. The van der Waals surface area contributed by atoms with Gasteiger partial charge in [0.2, 0.25) is 0 Å². The highest BCUT2D eigenvalue weighted by Crippen LogP contribution is 2.29. The van der Waals surface area contributed by atoms with E-state index in [-0.39, 0.29) is 0 Å². The van der Waals surface area contributed by atoms with Crippen LogP contribution in [0.25, 0.3) is 0 Å². The molecule has 2 heterocycles. The fraction of sp³-hybridized carbons (Fsp3) is 0.417. The Bertz CT molecular complexity index is 458. The highest BCUT2D eigenvalue weighted by atomic mass is 32.2. The average Bonchev–Trinajstić information content (AvgIpc) is 2.89. The molecule has 2 aromatic rings. The monoisotopic (exact) mass is 253 g/mol. The minimum Gasteiger partial charge on any atom is -0.224 e. The summed E-state index contributed by atoms with van der Waals surface area (Å²) in [4.78, 5) is 0. The van der Waals surface area contributed by atoms with Crippen molar-refractivity contribution in [1.82, 2.24) is 4.57 Å². The highest BCUT2D eigenvalue weighted by Gasteiger charge is 2.20. The van der Waals surface area contributed by atoms with E-state index >= 15 is 0 Å². The number of hydrogen-bond acceptors (Lipinski definition) is 2. The van der Waals surface area contributed by atoms with Crippen molar-refractivity contribution in [1.29, 1.82) is 0 Å². The van der Waals surface area contributed by atoms with Crippen molar-refractivity contribution >= 4 is 23.1 Å². The molecule has 4 heteroatoms. The van der Waals surface area contributed by atoms with Crippen molar-refractivity contribution < 1.29 is 4.57 Å². The molecular weight excluding hydrogens is 236 g/mol. The van der Waals surface area contributed by atoms with Gasteiger partial charge in [-0.2, -0.15) is 0 Å². The van der Waals surface area contributed by atoms with Crippen molar-refractivity contribution in [2.45, 2.75) is 36.2 Å². The van der Waals surface area contributed by atoms with E-state index < -0.39 is 0 Å². The molecule has 2 nitrogen and oxygen atoms in total. The van der Waals surface area contributed by atoms with Gasteiger partial charge in [0, 0.05) is 18.2 Å². The van der Waals surface area contributed by atoms with Gasteiger partial charge < -0.3 is 0 Å². The van der Waals surface area contributed by atoms with E-state index in [0.29, 0.717) is 0 Å². The van der Waals surface area contributed by atoms with Crippen molar-refractivity contribution in [2.24, 2.45) is 7.05 Å². The zero-order chi connectivity index (χ0) is 11.5. The molecule has 0 saturated carbocycles. The van der Waals surface area contributed by atoms with Crippen LogP contribution in [0, 0.1) is 0 Å². The number of nitrogens with zero attached hydrogens (tertiary/aromatic N) is 2. The van der Waals surface area contributed by atoms with E-state index in [1.165, 1.54) is 15.1 Å². The predicted molar refractivity (Wildman–Crippen MR) is 69.1 cm³/mol. The molecule has 0 aromatic carbocycles. The maximum atomic E-state index is 2.32. The summed E-state index contributed by atoms with van der Waals surface area (Å²) in [7, 11) is 2.15. The summed E-state index contributed by atoms with van der Waals surface area (Å²) in [6.45, 7) is 5.42. The molecule has 0 N–H and O–H groups in total. The molecule has 0 aliphatic carbocycles. The van der Waals surface area contributed by atoms with Crippen molar-refractivity contribution in [2.75, 3.05) is 0 Å². The number of imidazole rings is 1. The summed E-state index contributed by atoms with van der Waals surface area (Å²) in [5.74, 6) is 0. The zero-order valence-corrected chi connectivity index (χ0v) is 11.6. The molecular formula is C12H17N2S2+.